The lowest BCUT2D eigenvalue weighted by Gasteiger charge is -2.37. The molecule has 0 radical (unpaired) electrons. The van der Waals surface area contributed by atoms with Crippen LogP contribution in [0.4, 0.5) is 5.69 Å². The Morgan fingerprint density at radius 1 is 1.00 bits per heavy atom. The van der Waals surface area contributed by atoms with Crippen molar-refractivity contribution in [1.29, 1.82) is 0 Å². The molecule has 1 amide bonds. The van der Waals surface area contributed by atoms with Gasteiger partial charge in [0.25, 0.3) is 10.0 Å². The van der Waals surface area contributed by atoms with E-state index < -0.39 is 10.0 Å². The molecule has 2 heterocycles. The number of nitrogens with zero attached hydrogens (tertiary/aromatic N) is 3. The van der Waals surface area contributed by atoms with Crippen molar-refractivity contribution in [3.8, 4) is 11.1 Å². The maximum Gasteiger partial charge on any atom is 0.265 e. The van der Waals surface area contributed by atoms with Gasteiger partial charge in [-0.15, -0.1) is 0 Å². The minimum Gasteiger partial charge on any atom is -0.339 e. The average molecular weight is 400 g/mol. The molecule has 1 saturated heterocycles. The van der Waals surface area contributed by atoms with E-state index in [1.54, 1.807) is 23.1 Å². The molecule has 0 atom stereocenters. The van der Waals surface area contributed by atoms with Crippen LogP contribution in [0.15, 0.2) is 47.4 Å². The Hall–Kier alpha value is -2.38. The molecule has 4 rings (SSSR count). The third-order valence-corrected chi connectivity index (χ3v) is 7.43. The highest BCUT2D eigenvalue weighted by Crippen LogP contribution is 2.43. The fourth-order valence-electron chi connectivity index (χ4n) is 3.95. The Balaban J connectivity index is 1.69. The Labute approximate surface area is 166 Å². The van der Waals surface area contributed by atoms with Crippen molar-refractivity contribution in [2.45, 2.75) is 18.7 Å². The Morgan fingerprint density at radius 2 is 1.71 bits per heavy atom. The molecule has 6 nitrogen and oxygen atoms in total. The summed E-state index contributed by atoms with van der Waals surface area (Å²) in [7, 11) is -3.78. The van der Waals surface area contributed by atoms with E-state index in [1.807, 2.05) is 31.2 Å². The molecule has 2 aliphatic rings. The van der Waals surface area contributed by atoms with Crippen molar-refractivity contribution in [2.75, 3.05) is 43.6 Å². The molecule has 0 N–H and O–H groups in total. The Morgan fingerprint density at radius 3 is 2.43 bits per heavy atom. The summed E-state index contributed by atoms with van der Waals surface area (Å²) in [6, 6.07) is 12.7. The van der Waals surface area contributed by atoms with E-state index in [9.17, 15) is 13.2 Å². The van der Waals surface area contributed by atoms with Crippen LogP contribution < -0.4 is 4.31 Å². The standard InChI is InChI=1S/C21H25N3O3S/c1-3-22-10-12-23(13-11-22)21(25)15-24-19-9-8-16(2)14-18(19)17-6-4-5-7-20(17)28(24,26)27/h4-9,14H,3,10-13,15H2,1-2H3. The third kappa shape index (κ3) is 3.18. The fourth-order valence-corrected chi connectivity index (χ4v) is 5.59. The van der Waals surface area contributed by atoms with Gasteiger partial charge in [-0.1, -0.05) is 36.8 Å². The lowest BCUT2D eigenvalue weighted by atomic mass is 10.0. The van der Waals surface area contributed by atoms with Crippen LogP contribution in [-0.4, -0.2) is 63.4 Å². The molecule has 0 aromatic heterocycles. The first-order valence-electron chi connectivity index (χ1n) is 9.64. The van der Waals surface area contributed by atoms with Gasteiger partial charge >= 0.3 is 0 Å². The number of rotatable bonds is 3. The molecule has 28 heavy (non-hydrogen) atoms. The molecule has 0 saturated carbocycles. The van der Waals surface area contributed by atoms with Crippen LogP contribution in [-0.2, 0) is 14.8 Å². The molecule has 1 fully saturated rings. The lowest BCUT2D eigenvalue weighted by molar-refractivity contribution is -0.131. The number of piperazine rings is 1. The van der Waals surface area contributed by atoms with Crippen LogP contribution in [0.3, 0.4) is 0 Å². The molecule has 0 bridgehead atoms. The van der Waals surface area contributed by atoms with Gasteiger partial charge in [-0.25, -0.2) is 8.42 Å². The first kappa shape index (κ1) is 19.0. The zero-order valence-corrected chi connectivity index (χ0v) is 17.1. The summed E-state index contributed by atoms with van der Waals surface area (Å²) >= 11 is 0. The number of anilines is 1. The summed E-state index contributed by atoms with van der Waals surface area (Å²) in [5.41, 5.74) is 3.18. The van der Waals surface area contributed by atoms with Crippen LogP contribution in [0, 0.1) is 6.92 Å². The van der Waals surface area contributed by atoms with Crippen molar-refractivity contribution >= 4 is 21.6 Å². The van der Waals surface area contributed by atoms with Gasteiger partial charge in [-0.3, -0.25) is 9.10 Å². The SMILES string of the molecule is CCN1CCN(C(=O)CN2c3ccc(C)cc3-c3ccccc3S2(=O)=O)CC1. The monoisotopic (exact) mass is 399 g/mol. The highest BCUT2D eigenvalue weighted by Gasteiger charge is 2.36. The van der Waals surface area contributed by atoms with Crippen molar-refractivity contribution in [3.05, 3.63) is 48.0 Å². The van der Waals surface area contributed by atoms with Crippen molar-refractivity contribution in [1.82, 2.24) is 9.80 Å². The zero-order chi connectivity index (χ0) is 19.9. The Bertz CT molecular complexity index is 1010. The second kappa shape index (κ2) is 7.22. The Kier molecular flexibility index (Phi) is 4.89. The summed E-state index contributed by atoms with van der Waals surface area (Å²) in [6.07, 6.45) is 0. The molecule has 0 unspecified atom stereocenters. The van der Waals surface area contributed by atoms with Crippen LogP contribution in [0.5, 0.6) is 0 Å². The van der Waals surface area contributed by atoms with Crippen molar-refractivity contribution in [2.24, 2.45) is 0 Å². The normalized spacial score (nSPS) is 18.5. The van der Waals surface area contributed by atoms with Gasteiger partial charge in [0, 0.05) is 37.3 Å². The minimum atomic E-state index is -3.78. The number of aryl methyl sites for hydroxylation is 1. The van der Waals surface area contributed by atoms with Gasteiger partial charge < -0.3 is 9.80 Å². The summed E-state index contributed by atoms with van der Waals surface area (Å²) in [5.74, 6) is -0.148. The van der Waals surface area contributed by atoms with Gasteiger partial charge in [-0.2, -0.15) is 0 Å². The number of carbonyl (C=O) groups excluding carboxylic acids is 1. The predicted molar refractivity (Wildman–Crippen MR) is 110 cm³/mol. The number of fused-ring (bicyclic) bond motifs is 3. The minimum absolute atomic E-state index is 0.148. The zero-order valence-electron chi connectivity index (χ0n) is 16.3. The molecular weight excluding hydrogens is 374 g/mol. The van der Waals surface area contributed by atoms with Gasteiger partial charge in [-0.05, 0) is 31.7 Å². The first-order chi connectivity index (χ1) is 13.4. The summed E-state index contributed by atoms with van der Waals surface area (Å²) in [6.45, 7) is 7.81. The summed E-state index contributed by atoms with van der Waals surface area (Å²) < 4.78 is 27.9. The summed E-state index contributed by atoms with van der Waals surface area (Å²) in [5, 5.41) is 0. The second-order valence-electron chi connectivity index (χ2n) is 7.34. The van der Waals surface area contributed by atoms with E-state index in [0.29, 0.717) is 24.3 Å². The van der Waals surface area contributed by atoms with Crippen LogP contribution in [0.1, 0.15) is 12.5 Å². The molecule has 0 aliphatic carbocycles. The molecule has 0 spiro atoms. The highest BCUT2D eigenvalue weighted by atomic mass is 32.2. The van der Waals surface area contributed by atoms with Gasteiger partial charge in [0.05, 0.1) is 10.6 Å². The van der Waals surface area contributed by atoms with Gasteiger partial charge in [0.15, 0.2) is 0 Å². The fraction of sp³-hybridized carbons (Fsp3) is 0.381. The van der Waals surface area contributed by atoms with Gasteiger partial charge in [0.2, 0.25) is 5.91 Å². The van der Waals surface area contributed by atoms with E-state index in [4.69, 9.17) is 0 Å². The van der Waals surface area contributed by atoms with Crippen molar-refractivity contribution < 1.29 is 13.2 Å². The van der Waals surface area contributed by atoms with E-state index in [1.165, 1.54) is 4.31 Å². The molecule has 148 valence electrons. The largest absolute Gasteiger partial charge is 0.339 e. The smallest absolute Gasteiger partial charge is 0.265 e. The molecular formula is C21H25N3O3S. The lowest BCUT2D eigenvalue weighted by Crippen LogP contribution is -2.52. The number of sulfonamides is 1. The number of hydrogen-bond acceptors (Lipinski definition) is 4. The van der Waals surface area contributed by atoms with Gasteiger partial charge in [0.1, 0.15) is 6.54 Å². The first-order valence-corrected chi connectivity index (χ1v) is 11.1. The maximum absolute atomic E-state index is 13.3. The molecule has 7 heteroatoms. The third-order valence-electron chi connectivity index (χ3n) is 5.62. The van der Waals surface area contributed by atoms with Crippen LogP contribution in [0.25, 0.3) is 11.1 Å². The van der Waals surface area contributed by atoms with E-state index >= 15 is 0 Å². The number of likely N-dealkylation sites (N-methyl/N-ethyl adjacent to an activating group) is 1. The van der Waals surface area contributed by atoms with E-state index in [0.717, 1.165) is 30.8 Å². The van der Waals surface area contributed by atoms with Crippen LogP contribution in [0.2, 0.25) is 0 Å². The summed E-state index contributed by atoms with van der Waals surface area (Å²) in [4.78, 5) is 17.3. The molecule has 2 aromatic carbocycles. The van der Waals surface area contributed by atoms with E-state index in [2.05, 4.69) is 11.8 Å². The predicted octanol–water partition coefficient (Wildman–Crippen LogP) is 2.33. The van der Waals surface area contributed by atoms with Crippen molar-refractivity contribution in [3.63, 3.8) is 0 Å². The topological polar surface area (TPSA) is 60.9 Å². The number of amides is 1. The van der Waals surface area contributed by atoms with Crippen LogP contribution >= 0.6 is 0 Å². The highest BCUT2D eigenvalue weighted by molar-refractivity contribution is 7.93. The second-order valence-corrected chi connectivity index (χ2v) is 9.17. The molecule has 2 aromatic rings. The average Bonchev–Trinajstić information content (AvgIpc) is 2.71. The number of benzene rings is 2. The molecule has 2 aliphatic heterocycles. The number of carbonyl (C=O) groups is 1. The maximum atomic E-state index is 13.3. The quantitative estimate of drug-likeness (QED) is 0.795. The van der Waals surface area contributed by atoms with E-state index in [-0.39, 0.29) is 17.3 Å². The number of hydrogen-bond donors (Lipinski definition) is 0.